The zero-order chi connectivity index (χ0) is 16.8. The van der Waals surface area contributed by atoms with E-state index in [-0.39, 0.29) is 30.0 Å². The molecule has 0 unspecified atom stereocenters. The first-order valence-corrected chi connectivity index (χ1v) is 7.30. The number of hydrogen-bond acceptors (Lipinski definition) is 3. The Morgan fingerprint density at radius 3 is 2.35 bits per heavy atom. The van der Waals surface area contributed by atoms with Crippen LogP contribution in [-0.2, 0) is 11.3 Å². The number of rotatable bonds is 7. The first kappa shape index (κ1) is 16.5. The fourth-order valence-electron chi connectivity index (χ4n) is 2.36. The van der Waals surface area contributed by atoms with Crippen LogP contribution in [0.25, 0.3) is 10.8 Å². The highest BCUT2D eigenvalue weighted by Gasteiger charge is 2.12. The summed E-state index contributed by atoms with van der Waals surface area (Å²) in [4.78, 5) is 38.1. The molecule has 23 heavy (non-hydrogen) atoms. The van der Waals surface area contributed by atoms with E-state index in [0.29, 0.717) is 23.9 Å². The Bertz CT molecular complexity index is 838. The molecule has 1 heterocycles. The number of H-pyrrole nitrogens is 1. The molecule has 1 aromatic carbocycles. The van der Waals surface area contributed by atoms with Crippen molar-refractivity contribution in [3.05, 3.63) is 70.3 Å². The fraction of sp³-hybridized carbons (Fsp3) is 0.235. The van der Waals surface area contributed by atoms with Crippen LogP contribution in [0.4, 0.5) is 0 Å². The molecule has 6 nitrogen and oxygen atoms in total. The molecule has 0 bridgehead atoms. The first-order valence-electron chi connectivity index (χ1n) is 7.30. The van der Waals surface area contributed by atoms with Gasteiger partial charge in [0.25, 0.3) is 11.1 Å². The molecule has 0 aliphatic rings. The zero-order valence-electron chi connectivity index (χ0n) is 12.8. The second-order valence-electron chi connectivity index (χ2n) is 5.07. The molecule has 2 rings (SSSR count). The van der Waals surface area contributed by atoms with Gasteiger partial charge in [-0.15, -0.1) is 13.2 Å². The number of aromatic nitrogens is 2. The molecule has 1 N–H and O–H groups in total. The largest absolute Gasteiger partial charge is 0.335 e. The van der Waals surface area contributed by atoms with Gasteiger partial charge in [0.2, 0.25) is 5.91 Å². The van der Waals surface area contributed by atoms with Crippen molar-refractivity contribution in [3.63, 3.8) is 0 Å². The Balaban J connectivity index is 2.22. The van der Waals surface area contributed by atoms with E-state index in [0.717, 1.165) is 0 Å². The number of aryl methyl sites for hydroxylation is 1. The van der Waals surface area contributed by atoms with Gasteiger partial charge in [-0.2, -0.15) is 0 Å². The molecule has 0 atom stereocenters. The van der Waals surface area contributed by atoms with E-state index in [1.165, 1.54) is 4.68 Å². The molecule has 0 saturated heterocycles. The summed E-state index contributed by atoms with van der Waals surface area (Å²) >= 11 is 0. The van der Waals surface area contributed by atoms with E-state index in [4.69, 9.17) is 0 Å². The van der Waals surface area contributed by atoms with Gasteiger partial charge < -0.3 is 4.90 Å². The lowest BCUT2D eigenvalue weighted by Gasteiger charge is -2.19. The van der Waals surface area contributed by atoms with E-state index in [1.807, 2.05) is 0 Å². The van der Waals surface area contributed by atoms with Crippen molar-refractivity contribution in [2.45, 2.75) is 13.0 Å². The minimum atomic E-state index is -0.346. The summed E-state index contributed by atoms with van der Waals surface area (Å²) in [5.41, 5.74) is -0.659. The molecule has 0 saturated carbocycles. The van der Waals surface area contributed by atoms with Gasteiger partial charge in [-0.3, -0.25) is 19.5 Å². The summed E-state index contributed by atoms with van der Waals surface area (Å²) in [6.07, 6.45) is 3.37. The average Bonchev–Trinajstić information content (AvgIpc) is 2.56. The number of nitrogens with zero attached hydrogens (tertiary/aromatic N) is 2. The Morgan fingerprint density at radius 2 is 1.74 bits per heavy atom. The van der Waals surface area contributed by atoms with Gasteiger partial charge in [0.15, 0.2) is 0 Å². The Morgan fingerprint density at radius 1 is 1.13 bits per heavy atom. The molecule has 2 aromatic rings. The molecule has 0 radical (unpaired) electrons. The minimum Gasteiger partial charge on any atom is -0.335 e. The minimum absolute atomic E-state index is 0.107. The van der Waals surface area contributed by atoms with Crippen LogP contribution in [0.3, 0.4) is 0 Å². The Labute approximate surface area is 133 Å². The zero-order valence-corrected chi connectivity index (χ0v) is 12.8. The van der Waals surface area contributed by atoms with E-state index in [2.05, 4.69) is 18.3 Å². The quantitative estimate of drug-likeness (QED) is 0.782. The predicted molar refractivity (Wildman–Crippen MR) is 90.4 cm³/mol. The summed E-state index contributed by atoms with van der Waals surface area (Å²) in [5, 5.41) is 3.21. The number of fused-ring (bicyclic) bond motifs is 1. The van der Waals surface area contributed by atoms with Crippen molar-refractivity contribution >= 4 is 16.7 Å². The lowest BCUT2D eigenvalue weighted by atomic mass is 10.2. The van der Waals surface area contributed by atoms with Gasteiger partial charge in [0.05, 0.1) is 17.3 Å². The lowest BCUT2D eigenvalue weighted by molar-refractivity contribution is -0.130. The molecule has 1 amide bonds. The highest BCUT2D eigenvalue weighted by molar-refractivity contribution is 5.80. The molecule has 120 valence electrons. The molecule has 0 aliphatic carbocycles. The van der Waals surface area contributed by atoms with E-state index in [1.54, 1.807) is 41.3 Å². The molecular formula is C17H19N3O3. The van der Waals surface area contributed by atoms with Crippen LogP contribution in [0.2, 0.25) is 0 Å². The van der Waals surface area contributed by atoms with Crippen LogP contribution in [0.5, 0.6) is 0 Å². The second kappa shape index (κ2) is 7.40. The summed E-state index contributed by atoms with van der Waals surface area (Å²) in [5.74, 6) is -0.134. The summed E-state index contributed by atoms with van der Waals surface area (Å²) in [7, 11) is 0. The molecule has 6 heteroatoms. The van der Waals surface area contributed by atoms with Crippen molar-refractivity contribution in [1.82, 2.24) is 14.7 Å². The van der Waals surface area contributed by atoms with E-state index >= 15 is 0 Å². The molecule has 0 fully saturated rings. The molecule has 0 aliphatic heterocycles. The third kappa shape index (κ3) is 3.66. The number of hydrogen-bond donors (Lipinski definition) is 1. The van der Waals surface area contributed by atoms with Crippen LogP contribution in [0.15, 0.2) is 59.2 Å². The standard InChI is InChI=1S/C17H19N3O3/c1-3-10-19(11-4-2)15(21)9-12-20-17(23)14-8-6-5-7-13(14)16(22)18-20/h3-8H,1-2,9-12H2,(H,18,22). The first-order chi connectivity index (χ1) is 11.1. The normalized spacial score (nSPS) is 10.4. The smallest absolute Gasteiger partial charge is 0.273 e. The maximum absolute atomic E-state index is 12.4. The number of carbonyl (C=O) groups excluding carboxylic acids is 1. The number of amides is 1. The third-order valence-corrected chi connectivity index (χ3v) is 3.48. The maximum Gasteiger partial charge on any atom is 0.273 e. The van der Waals surface area contributed by atoms with Gasteiger partial charge in [0, 0.05) is 19.5 Å². The Hall–Kier alpha value is -2.89. The number of carbonyl (C=O) groups is 1. The van der Waals surface area contributed by atoms with Crippen molar-refractivity contribution in [2.24, 2.45) is 0 Å². The predicted octanol–water partition coefficient (Wildman–Crippen LogP) is 1.28. The van der Waals surface area contributed by atoms with Gasteiger partial charge in [-0.1, -0.05) is 24.3 Å². The highest BCUT2D eigenvalue weighted by atomic mass is 16.2. The van der Waals surface area contributed by atoms with E-state index < -0.39 is 0 Å². The van der Waals surface area contributed by atoms with Crippen molar-refractivity contribution in [2.75, 3.05) is 13.1 Å². The fourth-order valence-corrected chi connectivity index (χ4v) is 2.36. The monoisotopic (exact) mass is 313 g/mol. The SMILES string of the molecule is C=CCN(CC=C)C(=O)CCn1[nH]c(=O)c2ccccc2c1=O. The van der Waals surface area contributed by atoms with Crippen LogP contribution >= 0.6 is 0 Å². The molecular weight excluding hydrogens is 294 g/mol. The van der Waals surface area contributed by atoms with Crippen LogP contribution in [0, 0.1) is 0 Å². The van der Waals surface area contributed by atoms with Crippen LogP contribution < -0.4 is 11.1 Å². The number of benzene rings is 1. The van der Waals surface area contributed by atoms with Gasteiger partial charge in [-0.05, 0) is 12.1 Å². The second-order valence-corrected chi connectivity index (χ2v) is 5.07. The summed E-state index contributed by atoms with van der Waals surface area (Å²) < 4.78 is 1.18. The lowest BCUT2D eigenvalue weighted by Crippen LogP contribution is -2.35. The third-order valence-electron chi connectivity index (χ3n) is 3.48. The van der Waals surface area contributed by atoms with Crippen LogP contribution in [-0.4, -0.2) is 33.7 Å². The average molecular weight is 313 g/mol. The topological polar surface area (TPSA) is 75.2 Å². The Kier molecular flexibility index (Phi) is 5.30. The van der Waals surface area contributed by atoms with Crippen molar-refractivity contribution in [3.8, 4) is 0 Å². The van der Waals surface area contributed by atoms with Gasteiger partial charge in [0.1, 0.15) is 0 Å². The number of aromatic amines is 1. The van der Waals surface area contributed by atoms with Crippen molar-refractivity contribution in [1.29, 1.82) is 0 Å². The molecule has 1 aromatic heterocycles. The summed E-state index contributed by atoms with van der Waals surface area (Å²) in [6, 6.07) is 6.61. The van der Waals surface area contributed by atoms with Crippen molar-refractivity contribution < 1.29 is 4.79 Å². The summed E-state index contributed by atoms with van der Waals surface area (Å²) in [6.45, 7) is 8.16. The van der Waals surface area contributed by atoms with Gasteiger partial charge >= 0.3 is 0 Å². The molecule has 0 spiro atoms. The number of nitrogens with one attached hydrogen (secondary N) is 1. The maximum atomic E-state index is 12.4. The van der Waals surface area contributed by atoms with E-state index in [9.17, 15) is 14.4 Å². The van der Waals surface area contributed by atoms with Gasteiger partial charge in [-0.25, -0.2) is 4.68 Å². The highest BCUT2D eigenvalue weighted by Crippen LogP contribution is 2.03. The van der Waals surface area contributed by atoms with Crippen LogP contribution in [0.1, 0.15) is 6.42 Å².